The van der Waals surface area contributed by atoms with Gasteiger partial charge in [0, 0.05) is 11.4 Å². The first-order chi connectivity index (χ1) is 9.81. The highest BCUT2D eigenvalue weighted by atomic mass is 32.1. The molecule has 106 valence electrons. The van der Waals surface area contributed by atoms with E-state index < -0.39 is 0 Å². The smallest absolute Gasteiger partial charge is 0.254 e. The Hall–Kier alpha value is -1.76. The molecular weight excluding hydrogens is 274 g/mol. The Balaban J connectivity index is 1.93. The highest BCUT2D eigenvalue weighted by molar-refractivity contribution is 7.15. The molecule has 7 heteroatoms. The average Bonchev–Trinajstić information content (AvgIpc) is 3.14. The van der Waals surface area contributed by atoms with Gasteiger partial charge in [0.15, 0.2) is 0 Å². The molecule has 6 nitrogen and oxygen atoms in total. The van der Waals surface area contributed by atoms with E-state index in [1.54, 1.807) is 22.3 Å². The third-order valence-electron chi connectivity index (χ3n) is 3.50. The number of hydrogen-bond donors (Lipinski definition) is 1. The van der Waals surface area contributed by atoms with E-state index in [0.29, 0.717) is 0 Å². The molecule has 0 unspecified atom stereocenters. The quantitative estimate of drug-likeness (QED) is 0.852. The van der Waals surface area contributed by atoms with E-state index in [2.05, 4.69) is 27.8 Å². The minimum Gasteiger partial charge on any atom is -0.352 e. The molecule has 0 bridgehead atoms. The predicted molar refractivity (Wildman–Crippen MR) is 76.3 cm³/mol. The van der Waals surface area contributed by atoms with Gasteiger partial charge in [0.05, 0.1) is 5.56 Å². The first-order valence-electron chi connectivity index (χ1n) is 6.97. The number of hydrogen-bond acceptors (Lipinski definition) is 5. The third-order valence-corrected chi connectivity index (χ3v) is 4.78. The summed E-state index contributed by atoms with van der Waals surface area (Å²) in [4.78, 5) is 13.8. The van der Waals surface area contributed by atoms with E-state index >= 15 is 0 Å². The van der Waals surface area contributed by atoms with Gasteiger partial charge in [-0.3, -0.25) is 4.79 Å². The number of carbonyl (C=O) groups excluding carboxylic acids is 1. The Labute approximate surface area is 121 Å². The number of carbonyl (C=O) groups is 1. The Kier molecular flexibility index (Phi) is 3.77. The minimum absolute atomic E-state index is 0.00310. The molecule has 0 radical (unpaired) electrons. The van der Waals surface area contributed by atoms with Crippen LogP contribution in [0.4, 0.5) is 0 Å². The number of rotatable bonds is 5. The summed E-state index contributed by atoms with van der Waals surface area (Å²) in [6.07, 6.45) is 6.78. The number of amides is 1. The van der Waals surface area contributed by atoms with Crippen LogP contribution in [-0.4, -0.2) is 32.7 Å². The van der Waals surface area contributed by atoms with Gasteiger partial charge < -0.3 is 5.32 Å². The van der Waals surface area contributed by atoms with Crippen molar-refractivity contribution < 1.29 is 4.79 Å². The molecular formula is C13H17N5OS. The summed E-state index contributed by atoms with van der Waals surface area (Å²) in [5.74, 6) is 0.00310. The predicted octanol–water partition coefficient (Wildman–Crippen LogP) is 1.74. The van der Waals surface area contributed by atoms with Gasteiger partial charge in [-0.25, -0.2) is 0 Å². The molecule has 0 saturated carbocycles. The summed E-state index contributed by atoms with van der Waals surface area (Å²) in [7, 11) is 0. The lowest BCUT2D eigenvalue weighted by atomic mass is 10.1. The average molecular weight is 291 g/mol. The van der Waals surface area contributed by atoms with Crippen molar-refractivity contribution in [3.05, 3.63) is 22.3 Å². The van der Waals surface area contributed by atoms with E-state index in [9.17, 15) is 4.79 Å². The molecule has 1 aliphatic rings. The van der Waals surface area contributed by atoms with Crippen molar-refractivity contribution in [2.75, 3.05) is 6.54 Å². The molecule has 1 amide bonds. The van der Waals surface area contributed by atoms with Crippen LogP contribution in [0.15, 0.2) is 6.33 Å². The number of aromatic nitrogens is 4. The minimum atomic E-state index is 0.00310. The molecule has 2 heterocycles. The molecule has 0 aliphatic heterocycles. The standard InChI is InChI=1S/C13H17N5OS/c1-2-3-7-14-12(19)11-9-5-4-6-10(9)20-13(11)18-8-15-16-17-18/h8H,2-7H2,1H3,(H,14,19). The van der Waals surface area contributed by atoms with Crippen molar-refractivity contribution in [2.45, 2.75) is 39.0 Å². The number of nitrogens with one attached hydrogen (secondary N) is 1. The molecule has 0 aromatic carbocycles. The topological polar surface area (TPSA) is 72.7 Å². The van der Waals surface area contributed by atoms with Gasteiger partial charge in [0.1, 0.15) is 11.3 Å². The van der Waals surface area contributed by atoms with Crippen LogP contribution in [-0.2, 0) is 12.8 Å². The molecule has 1 N–H and O–H groups in total. The highest BCUT2D eigenvalue weighted by Gasteiger charge is 2.27. The number of thiophene rings is 1. The van der Waals surface area contributed by atoms with Crippen LogP contribution in [0.3, 0.4) is 0 Å². The van der Waals surface area contributed by atoms with Gasteiger partial charge in [-0.15, -0.1) is 16.4 Å². The van der Waals surface area contributed by atoms with Crippen LogP contribution < -0.4 is 5.32 Å². The molecule has 1 aliphatic carbocycles. The Morgan fingerprint density at radius 3 is 3.15 bits per heavy atom. The molecule has 20 heavy (non-hydrogen) atoms. The summed E-state index contributed by atoms with van der Waals surface area (Å²) in [5, 5.41) is 15.1. The van der Waals surface area contributed by atoms with Crippen molar-refractivity contribution in [2.24, 2.45) is 0 Å². The van der Waals surface area contributed by atoms with Crippen molar-refractivity contribution in [3.8, 4) is 5.00 Å². The lowest BCUT2D eigenvalue weighted by Crippen LogP contribution is -2.26. The maximum absolute atomic E-state index is 12.5. The largest absolute Gasteiger partial charge is 0.352 e. The van der Waals surface area contributed by atoms with Gasteiger partial charge in [-0.1, -0.05) is 13.3 Å². The number of nitrogens with zero attached hydrogens (tertiary/aromatic N) is 4. The van der Waals surface area contributed by atoms with Crippen molar-refractivity contribution in [3.63, 3.8) is 0 Å². The molecule has 0 saturated heterocycles. The summed E-state index contributed by atoms with van der Waals surface area (Å²) >= 11 is 1.63. The second-order valence-electron chi connectivity index (χ2n) is 4.90. The summed E-state index contributed by atoms with van der Waals surface area (Å²) in [6.45, 7) is 2.83. The number of unbranched alkanes of at least 4 members (excludes halogenated alkanes) is 1. The lowest BCUT2D eigenvalue weighted by molar-refractivity contribution is 0.0952. The van der Waals surface area contributed by atoms with Gasteiger partial charge in [-0.05, 0) is 41.7 Å². The lowest BCUT2D eigenvalue weighted by Gasteiger charge is -2.07. The first-order valence-corrected chi connectivity index (χ1v) is 7.79. The second-order valence-corrected chi connectivity index (χ2v) is 5.98. The van der Waals surface area contributed by atoms with Crippen LogP contribution >= 0.6 is 11.3 Å². The molecule has 3 rings (SSSR count). The molecule has 2 aromatic rings. The molecule has 2 aromatic heterocycles. The fourth-order valence-electron chi connectivity index (χ4n) is 2.51. The van der Waals surface area contributed by atoms with Crippen molar-refractivity contribution in [1.82, 2.24) is 25.5 Å². The molecule has 0 fully saturated rings. The van der Waals surface area contributed by atoms with Crippen molar-refractivity contribution in [1.29, 1.82) is 0 Å². The zero-order valence-electron chi connectivity index (χ0n) is 11.4. The van der Waals surface area contributed by atoms with Crippen LogP contribution in [0.1, 0.15) is 47.0 Å². The van der Waals surface area contributed by atoms with E-state index in [-0.39, 0.29) is 5.91 Å². The van der Waals surface area contributed by atoms with Crippen molar-refractivity contribution >= 4 is 17.2 Å². The van der Waals surface area contributed by atoms with E-state index in [1.807, 2.05) is 0 Å². The van der Waals surface area contributed by atoms with E-state index in [4.69, 9.17) is 0 Å². The Morgan fingerprint density at radius 2 is 2.40 bits per heavy atom. The van der Waals surface area contributed by atoms with Crippen LogP contribution in [0.5, 0.6) is 0 Å². The fraction of sp³-hybridized carbons (Fsp3) is 0.538. The van der Waals surface area contributed by atoms with Gasteiger partial charge in [0.2, 0.25) is 0 Å². The fourth-order valence-corrected chi connectivity index (χ4v) is 3.81. The SMILES string of the molecule is CCCCNC(=O)c1c(-n2cnnn2)sc2c1CCC2. The van der Waals surface area contributed by atoms with Gasteiger partial charge in [-0.2, -0.15) is 4.68 Å². The van der Waals surface area contributed by atoms with Crippen LogP contribution in [0.2, 0.25) is 0 Å². The van der Waals surface area contributed by atoms with E-state index in [0.717, 1.165) is 49.2 Å². The van der Waals surface area contributed by atoms with Gasteiger partial charge >= 0.3 is 0 Å². The van der Waals surface area contributed by atoms with Crippen LogP contribution in [0, 0.1) is 0 Å². The van der Waals surface area contributed by atoms with Crippen LogP contribution in [0.25, 0.3) is 5.00 Å². The third kappa shape index (κ3) is 2.33. The molecule has 0 spiro atoms. The normalized spacial score (nSPS) is 13.4. The second kappa shape index (κ2) is 5.70. The summed E-state index contributed by atoms with van der Waals surface area (Å²) < 4.78 is 1.59. The monoisotopic (exact) mass is 291 g/mol. The zero-order chi connectivity index (χ0) is 13.9. The Morgan fingerprint density at radius 1 is 1.50 bits per heavy atom. The maximum atomic E-state index is 12.5. The number of aryl methyl sites for hydroxylation is 1. The summed E-state index contributed by atoms with van der Waals surface area (Å²) in [5.41, 5.74) is 1.96. The highest BCUT2D eigenvalue weighted by Crippen LogP contribution is 2.37. The number of fused-ring (bicyclic) bond motifs is 1. The van der Waals surface area contributed by atoms with Gasteiger partial charge in [0.25, 0.3) is 5.91 Å². The summed E-state index contributed by atoms with van der Waals surface area (Å²) in [6, 6.07) is 0. The maximum Gasteiger partial charge on any atom is 0.254 e. The number of tetrazole rings is 1. The Bertz CT molecular complexity index is 605. The first kappa shape index (κ1) is 13.2. The molecule has 0 atom stereocenters. The van der Waals surface area contributed by atoms with E-state index in [1.165, 1.54) is 10.4 Å². The zero-order valence-corrected chi connectivity index (χ0v) is 12.2.